The lowest BCUT2D eigenvalue weighted by atomic mass is 10.1. The average Bonchev–Trinajstić information content (AvgIpc) is 2.50. The van der Waals surface area contributed by atoms with Crippen LogP contribution in [0.3, 0.4) is 0 Å². The quantitative estimate of drug-likeness (QED) is 0.649. The first-order chi connectivity index (χ1) is 10.9. The van der Waals surface area contributed by atoms with Gasteiger partial charge in [0.2, 0.25) is 0 Å². The van der Waals surface area contributed by atoms with Gasteiger partial charge >= 0.3 is 0 Å². The van der Waals surface area contributed by atoms with Crippen LogP contribution in [0.1, 0.15) is 21.5 Å². The fourth-order valence-corrected chi connectivity index (χ4v) is 2.39. The molecular weight excluding hydrogens is 339 g/mol. The third kappa shape index (κ3) is 4.15. The summed E-state index contributed by atoms with van der Waals surface area (Å²) in [5, 5.41) is 14.0. The first-order valence-electron chi connectivity index (χ1n) is 6.58. The van der Waals surface area contributed by atoms with Crippen LogP contribution in [0.25, 0.3) is 0 Å². The van der Waals surface area contributed by atoms with Crippen molar-refractivity contribution in [3.05, 3.63) is 57.1 Å². The Labute approximate surface area is 143 Å². The van der Waals surface area contributed by atoms with E-state index in [4.69, 9.17) is 27.9 Å². The summed E-state index contributed by atoms with van der Waals surface area (Å²) in [4.78, 5) is 12.0. The van der Waals surface area contributed by atoms with Gasteiger partial charge in [0.05, 0.1) is 28.9 Å². The number of amides is 1. The molecule has 0 saturated heterocycles. The Morgan fingerprint density at radius 1 is 1.26 bits per heavy atom. The number of phenolic OH excluding ortho intramolecular Hbond substituents is 1. The van der Waals surface area contributed by atoms with Crippen LogP contribution in [0.5, 0.6) is 11.5 Å². The van der Waals surface area contributed by atoms with Gasteiger partial charge < -0.3 is 9.84 Å². The second-order valence-electron chi connectivity index (χ2n) is 4.74. The summed E-state index contributed by atoms with van der Waals surface area (Å²) in [6.07, 6.45) is 1.38. The van der Waals surface area contributed by atoms with E-state index in [1.165, 1.54) is 25.5 Å². The summed E-state index contributed by atoms with van der Waals surface area (Å²) in [6.45, 7) is 1.88. The molecule has 2 rings (SSSR count). The van der Waals surface area contributed by atoms with Gasteiger partial charge in [-0.15, -0.1) is 0 Å². The second-order valence-corrected chi connectivity index (χ2v) is 5.55. The molecule has 0 radical (unpaired) electrons. The zero-order valence-corrected chi connectivity index (χ0v) is 13.9. The van der Waals surface area contributed by atoms with Crippen molar-refractivity contribution in [2.24, 2.45) is 5.10 Å². The van der Waals surface area contributed by atoms with Gasteiger partial charge in [-0.25, -0.2) is 5.43 Å². The van der Waals surface area contributed by atoms with Crippen LogP contribution in [-0.2, 0) is 0 Å². The SMILES string of the molecule is COc1cc(C=NNC(=O)c2ccc(C)cc2Cl)cc(Cl)c1O. The number of hydrogen-bond donors (Lipinski definition) is 2. The zero-order chi connectivity index (χ0) is 17.0. The molecule has 0 saturated carbocycles. The van der Waals surface area contributed by atoms with Crippen molar-refractivity contribution in [1.29, 1.82) is 0 Å². The molecule has 7 heteroatoms. The summed E-state index contributed by atoms with van der Waals surface area (Å²) in [7, 11) is 1.41. The molecule has 23 heavy (non-hydrogen) atoms. The Balaban J connectivity index is 2.12. The number of halogens is 2. The van der Waals surface area contributed by atoms with Crippen molar-refractivity contribution in [3.8, 4) is 11.5 Å². The van der Waals surface area contributed by atoms with Gasteiger partial charge in [0, 0.05) is 0 Å². The number of phenols is 1. The highest BCUT2D eigenvalue weighted by Crippen LogP contribution is 2.34. The third-order valence-corrected chi connectivity index (χ3v) is 3.62. The van der Waals surface area contributed by atoms with E-state index < -0.39 is 5.91 Å². The highest BCUT2D eigenvalue weighted by molar-refractivity contribution is 6.34. The van der Waals surface area contributed by atoms with E-state index in [1.54, 1.807) is 18.2 Å². The molecule has 0 aliphatic rings. The summed E-state index contributed by atoms with van der Waals surface area (Å²) in [5.41, 5.74) is 4.22. The van der Waals surface area contributed by atoms with E-state index in [1.807, 2.05) is 6.92 Å². The number of rotatable bonds is 4. The average molecular weight is 353 g/mol. The number of hydrazone groups is 1. The maximum atomic E-state index is 12.0. The molecule has 5 nitrogen and oxygen atoms in total. The van der Waals surface area contributed by atoms with Crippen LogP contribution in [0, 0.1) is 6.92 Å². The first-order valence-corrected chi connectivity index (χ1v) is 7.34. The van der Waals surface area contributed by atoms with Gasteiger partial charge in [0.1, 0.15) is 0 Å². The maximum Gasteiger partial charge on any atom is 0.272 e. The van der Waals surface area contributed by atoms with Crippen molar-refractivity contribution < 1.29 is 14.6 Å². The Morgan fingerprint density at radius 2 is 2.00 bits per heavy atom. The van der Waals surface area contributed by atoms with Crippen molar-refractivity contribution in [3.63, 3.8) is 0 Å². The number of benzene rings is 2. The number of carbonyl (C=O) groups excluding carboxylic acids is 1. The van der Waals surface area contributed by atoms with Gasteiger partial charge in [-0.2, -0.15) is 5.10 Å². The van der Waals surface area contributed by atoms with E-state index in [2.05, 4.69) is 10.5 Å². The molecule has 2 N–H and O–H groups in total. The van der Waals surface area contributed by atoms with Crippen molar-refractivity contribution >= 4 is 35.3 Å². The van der Waals surface area contributed by atoms with Crippen molar-refractivity contribution in [2.45, 2.75) is 6.92 Å². The second kappa shape index (κ2) is 7.35. The zero-order valence-electron chi connectivity index (χ0n) is 12.4. The topological polar surface area (TPSA) is 70.9 Å². The van der Waals surface area contributed by atoms with Gasteiger partial charge in [0.25, 0.3) is 5.91 Å². The molecule has 0 spiro atoms. The van der Waals surface area contributed by atoms with E-state index in [9.17, 15) is 9.90 Å². The predicted octanol–water partition coefficient (Wildman–Crippen LogP) is 3.78. The van der Waals surface area contributed by atoms with Gasteiger partial charge in [-0.05, 0) is 42.3 Å². The highest BCUT2D eigenvalue weighted by atomic mass is 35.5. The largest absolute Gasteiger partial charge is 0.503 e. The smallest absolute Gasteiger partial charge is 0.272 e. The summed E-state index contributed by atoms with van der Waals surface area (Å²) in [5.74, 6) is -0.364. The van der Waals surface area contributed by atoms with Gasteiger partial charge in [-0.1, -0.05) is 29.3 Å². The molecule has 2 aromatic rings. The van der Waals surface area contributed by atoms with Crippen molar-refractivity contribution in [1.82, 2.24) is 5.43 Å². The Hall–Kier alpha value is -2.24. The van der Waals surface area contributed by atoms with E-state index in [0.717, 1.165) is 5.56 Å². The Kier molecular flexibility index (Phi) is 5.47. The van der Waals surface area contributed by atoms with Crippen LogP contribution < -0.4 is 10.2 Å². The number of aryl methyl sites for hydroxylation is 1. The molecule has 0 atom stereocenters. The fourth-order valence-electron chi connectivity index (χ4n) is 1.85. The lowest BCUT2D eigenvalue weighted by molar-refractivity contribution is 0.0955. The fraction of sp³-hybridized carbons (Fsp3) is 0.125. The number of carbonyl (C=O) groups is 1. The molecule has 2 aromatic carbocycles. The minimum absolute atomic E-state index is 0.124. The normalized spacial score (nSPS) is 10.8. The number of ether oxygens (including phenoxy) is 1. The first kappa shape index (κ1) is 17.1. The number of aromatic hydroxyl groups is 1. The predicted molar refractivity (Wildman–Crippen MR) is 90.9 cm³/mol. The summed E-state index contributed by atoms with van der Waals surface area (Å²) >= 11 is 11.9. The molecule has 0 aliphatic carbocycles. The minimum Gasteiger partial charge on any atom is -0.503 e. The number of nitrogens with one attached hydrogen (secondary N) is 1. The van der Waals surface area contributed by atoms with Crippen LogP contribution in [0.4, 0.5) is 0 Å². The standard InChI is InChI=1S/C16H14Cl2N2O3/c1-9-3-4-11(12(17)5-9)16(22)20-19-8-10-6-13(18)15(21)14(7-10)23-2/h3-8,21H,1-2H3,(H,20,22). The highest BCUT2D eigenvalue weighted by Gasteiger charge is 2.10. The molecule has 1 amide bonds. The molecule has 0 aromatic heterocycles. The van der Waals surface area contributed by atoms with Crippen LogP contribution in [0.15, 0.2) is 35.4 Å². The van der Waals surface area contributed by atoms with E-state index >= 15 is 0 Å². The van der Waals surface area contributed by atoms with Crippen LogP contribution in [-0.4, -0.2) is 24.3 Å². The van der Waals surface area contributed by atoms with Crippen LogP contribution >= 0.6 is 23.2 Å². The van der Waals surface area contributed by atoms with Crippen LogP contribution in [0.2, 0.25) is 10.0 Å². The number of nitrogens with zero attached hydrogens (tertiary/aromatic N) is 1. The molecule has 120 valence electrons. The van der Waals surface area contributed by atoms with E-state index in [-0.39, 0.29) is 16.5 Å². The molecule has 0 aliphatic heterocycles. The number of methoxy groups -OCH3 is 1. The summed E-state index contributed by atoms with van der Waals surface area (Å²) < 4.78 is 4.99. The summed E-state index contributed by atoms with van der Waals surface area (Å²) in [6, 6.07) is 8.15. The Bertz CT molecular complexity index is 776. The molecule has 0 fully saturated rings. The lowest BCUT2D eigenvalue weighted by Crippen LogP contribution is -2.18. The monoisotopic (exact) mass is 352 g/mol. The van der Waals surface area contributed by atoms with E-state index in [0.29, 0.717) is 16.1 Å². The third-order valence-electron chi connectivity index (χ3n) is 3.02. The van der Waals surface area contributed by atoms with Crippen molar-refractivity contribution in [2.75, 3.05) is 7.11 Å². The molecule has 0 heterocycles. The number of hydrogen-bond acceptors (Lipinski definition) is 4. The van der Waals surface area contributed by atoms with Gasteiger partial charge in [0.15, 0.2) is 11.5 Å². The minimum atomic E-state index is -0.428. The Morgan fingerprint density at radius 3 is 2.65 bits per heavy atom. The molecule has 0 unspecified atom stereocenters. The molecule has 0 bridgehead atoms. The maximum absolute atomic E-state index is 12.0. The van der Waals surface area contributed by atoms with Gasteiger partial charge in [-0.3, -0.25) is 4.79 Å². The lowest BCUT2D eigenvalue weighted by Gasteiger charge is -2.06. The molecular formula is C16H14Cl2N2O3.